The molecule has 0 bridgehead atoms. The molecule has 140 valence electrons. The number of nitrogens with zero attached hydrogens (tertiary/aromatic N) is 3. The molecule has 6 nitrogen and oxygen atoms in total. The number of carbonyl (C=O) groups excluding carboxylic acids is 1. The van der Waals surface area contributed by atoms with E-state index in [1.54, 1.807) is 0 Å². The van der Waals surface area contributed by atoms with Crippen molar-refractivity contribution in [3.05, 3.63) is 0 Å². The van der Waals surface area contributed by atoms with Crippen molar-refractivity contribution in [1.82, 2.24) is 15.1 Å². The van der Waals surface area contributed by atoms with Crippen LogP contribution in [0, 0.1) is 0 Å². The highest BCUT2D eigenvalue weighted by atomic mass is 32.2. The summed E-state index contributed by atoms with van der Waals surface area (Å²) in [6.07, 6.45) is 4.21. The Morgan fingerprint density at radius 2 is 1.88 bits per heavy atom. The van der Waals surface area contributed by atoms with Gasteiger partial charge in [-0.2, -0.15) is 11.8 Å². The first-order valence-corrected chi connectivity index (χ1v) is 10.1. The fraction of sp³-hybridized carbons (Fsp3) is 0.882. The van der Waals surface area contributed by atoms with Crippen LogP contribution in [0.5, 0.6) is 0 Å². The second-order valence-corrected chi connectivity index (χ2v) is 7.37. The van der Waals surface area contributed by atoms with E-state index in [1.165, 1.54) is 0 Å². The van der Waals surface area contributed by atoms with Crippen LogP contribution in [-0.4, -0.2) is 85.7 Å². The van der Waals surface area contributed by atoms with E-state index >= 15 is 0 Å². The summed E-state index contributed by atoms with van der Waals surface area (Å²) in [5, 5.41) is 3.31. The van der Waals surface area contributed by atoms with E-state index in [0.717, 1.165) is 58.2 Å². The Morgan fingerprint density at radius 3 is 2.38 bits per heavy atom. The Kier molecular flexibility index (Phi) is 9.51. The number of likely N-dealkylation sites (N-methyl/N-ethyl adjacent to an activating group) is 2. The summed E-state index contributed by atoms with van der Waals surface area (Å²) >= 11 is 1.88. The number of hydrogen-bond donors (Lipinski definition) is 1. The Hall–Kier alpha value is -0.950. The zero-order valence-electron chi connectivity index (χ0n) is 15.9. The molecule has 1 saturated heterocycles. The largest absolute Gasteiger partial charge is 0.381 e. The maximum atomic E-state index is 12.3. The van der Waals surface area contributed by atoms with Crippen LogP contribution in [-0.2, 0) is 9.53 Å². The number of amides is 1. The van der Waals surface area contributed by atoms with Crippen molar-refractivity contribution in [3.8, 4) is 0 Å². The van der Waals surface area contributed by atoms with Gasteiger partial charge in [-0.05, 0) is 39.9 Å². The molecule has 1 rings (SSSR count). The first kappa shape index (κ1) is 21.1. The van der Waals surface area contributed by atoms with Gasteiger partial charge in [0.1, 0.15) is 0 Å². The van der Waals surface area contributed by atoms with E-state index < -0.39 is 0 Å². The molecule has 0 saturated carbocycles. The minimum atomic E-state index is 0.138. The number of hydrogen-bond acceptors (Lipinski definition) is 4. The molecule has 0 atom stereocenters. The summed E-state index contributed by atoms with van der Waals surface area (Å²) in [6.45, 7) is 11.1. The highest BCUT2D eigenvalue weighted by Gasteiger charge is 2.31. The molecular formula is C17H34N4O2S. The molecule has 1 amide bonds. The Labute approximate surface area is 151 Å². The zero-order chi connectivity index (χ0) is 18.0. The van der Waals surface area contributed by atoms with Gasteiger partial charge in [-0.1, -0.05) is 0 Å². The van der Waals surface area contributed by atoms with Crippen LogP contribution in [0.3, 0.4) is 0 Å². The summed E-state index contributed by atoms with van der Waals surface area (Å²) in [7, 11) is 1.93. The lowest BCUT2D eigenvalue weighted by atomic mass is 9.99. The van der Waals surface area contributed by atoms with Gasteiger partial charge in [0.25, 0.3) is 0 Å². The SMILES string of the molecule is CCNC(=NCC1(SC)CCOCC1)N(C)CC(=O)N(CC)CC. The van der Waals surface area contributed by atoms with E-state index in [0.29, 0.717) is 6.54 Å². The molecule has 1 aliphatic rings. The van der Waals surface area contributed by atoms with Crippen LogP contribution >= 0.6 is 11.8 Å². The monoisotopic (exact) mass is 358 g/mol. The van der Waals surface area contributed by atoms with Crippen molar-refractivity contribution in [1.29, 1.82) is 0 Å². The fourth-order valence-corrected chi connectivity index (χ4v) is 3.58. The second-order valence-electron chi connectivity index (χ2n) is 6.09. The van der Waals surface area contributed by atoms with Gasteiger partial charge in [0.15, 0.2) is 5.96 Å². The Balaban J connectivity index is 2.74. The minimum Gasteiger partial charge on any atom is -0.381 e. The third-order valence-electron chi connectivity index (χ3n) is 4.54. The topological polar surface area (TPSA) is 57.2 Å². The highest BCUT2D eigenvalue weighted by Crippen LogP contribution is 2.34. The standard InChI is InChI=1S/C17H34N4O2S/c1-6-18-16(20(4)13-15(22)21(7-2)8-3)19-14-17(24-5)9-11-23-12-10-17/h6-14H2,1-5H3,(H,18,19). The molecule has 1 fully saturated rings. The molecule has 1 N–H and O–H groups in total. The van der Waals surface area contributed by atoms with Gasteiger partial charge in [0.05, 0.1) is 13.1 Å². The zero-order valence-corrected chi connectivity index (χ0v) is 16.7. The van der Waals surface area contributed by atoms with E-state index in [2.05, 4.69) is 11.6 Å². The first-order chi connectivity index (χ1) is 11.5. The quantitative estimate of drug-likeness (QED) is 0.528. The predicted octanol–water partition coefficient (Wildman–Crippen LogP) is 1.66. The van der Waals surface area contributed by atoms with E-state index in [-0.39, 0.29) is 10.7 Å². The van der Waals surface area contributed by atoms with Crippen molar-refractivity contribution >= 4 is 23.6 Å². The summed E-state index contributed by atoms with van der Waals surface area (Å²) in [5.74, 6) is 0.941. The van der Waals surface area contributed by atoms with Crippen LogP contribution in [0.1, 0.15) is 33.6 Å². The number of carbonyl (C=O) groups is 1. The lowest BCUT2D eigenvalue weighted by molar-refractivity contribution is -0.131. The number of thioether (sulfide) groups is 1. The van der Waals surface area contributed by atoms with Gasteiger partial charge in [-0.25, -0.2) is 0 Å². The number of guanidine groups is 1. The molecule has 0 radical (unpaired) electrons. The number of rotatable bonds is 8. The number of nitrogens with one attached hydrogen (secondary N) is 1. The van der Waals surface area contributed by atoms with E-state index in [4.69, 9.17) is 9.73 Å². The predicted molar refractivity (Wildman–Crippen MR) is 103 cm³/mol. The molecule has 0 spiro atoms. The maximum absolute atomic E-state index is 12.3. The van der Waals surface area contributed by atoms with Crippen LogP contribution in [0.4, 0.5) is 0 Å². The van der Waals surface area contributed by atoms with Crippen molar-refractivity contribution in [2.24, 2.45) is 4.99 Å². The summed E-state index contributed by atoms with van der Waals surface area (Å²) < 4.78 is 5.65. The molecule has 0 aromatic rings. The van der Waals surface area contributed by atoms with Crippen LogP contribution in [0.2, 0.25) is 0 Å². The van der Waals surface area contributed by atoms with Crippen molar-refractivity contribution < 1.29 is 9.53 Å². The lowest BCUT2D eigenvalue weighted by Crippen LogP contribution is -2.46. The van der Waals surface area contributed by atoms with Gasteiger partial charge in [-0.3, -0.25) is 9.79 Å². The summed E-state index contributed by atoms with van der Waals surface area (Å²) in [4.78, 5) is 20.9. The molecule has 24 heavy (non-hydrogen) atoms. The smallest absolute Gasteiger partial charge is 0.242 e. The summed E-state index contributed by atoms with van der Waals surface area (Å²) in [6, 6.07) is 0. The van der Waals surface area contributed by atoms with Crippen LogP contribution < -0.4 is 5.32 Å². The number of ether oxygens (including phenoxy) is 1. The van der Waals surface area contributed by atoms with Gasteiger partial charge >= 0.3 is 0 Å². The van der Waals surface area contributed by atoms with E-state index in [9.17, 15) is 4.79 Å². The maximum Gasteiger partial charge on any atom is 0.242 e. The molecule has 0 unspecified atom stereocenters. The first-order valence-electron chi connectivity index (χ1n) is 8.92. The molecule has 0 aliphatic carbocycles. The van der Waals surface area contributed by atoms with Gasteiger partial charge in [0.2, 0.25) is 5.91 Å². The third-order valence-corrected chi connectivity index (χ3v) is 5.94. The molecule has 0 aromatic carbocycles. The molecular weight excluding hydrogens is 324 g/mol. The molecule has 7 heteroatoms. The minimum absolute atomic E-state index is 0.138. The Morgan fingerprint density at radius 1 is 1.25 bits per heavy atom. The third kappa shape index (κ3) is 6.16. The average Bonchev–Trinajstić information content (AvgIpc) is 2.60. The van der Waals surface area contributed by atoms with Crippen LogP contribution in [0.25, 0.3) is 0 Å². The van der Waals surface area contributed by atoms with Crippen molar-refractivity contribution in [2.75, 3.05) is 59.2 Å². The lowest BCUT2D eigenvalue weighted by Gasteiger charge is -2.35. The normalized spacial score (nSPS) is 17.5. The second kappa shape index (κ2) is 10.8. The number of aliphatic imine (C=N–C) groups is 1. The highest BCUT2D eigenvalue weighted by molar-refractivity contribution is 8.00. The van der Waals surface area contributed by atoms with E-state index in [1.807, 2.05) is 49.4 Å². The average molecular weight is 359 g/mol. The van der Waals surface area contributed by atoms with Gasteiger partial charge < -0.3 is 19.9 Å². The fourth-order valence-electron chi connectivity index (χ4n) is 2.81. The Bertz CT molecular complexity index is 407. The van der Waals surface area contributed by atoms with Crippen molar-refractivity contribution in [3.63, 3.8) is 0 Å². The van der Waals surface area contributed by atoms with Crippen LogP contribution in [0.15, 0.2) is 4.99 Å². The molecule has 1 heterocycles. The molecule has 1 aliphatic heterocycles. The van der Waals surface area contributed by atoms with Crippen molar-refractivity contribution in [2.45, 2.75) is 38.4 Å². The summed E-state index contributed by atoms with van der Waals surface area (Å²) in [5.41, 5.74) is 0. The van der Waals surface area contributed by atoms with Gasteiger partial charge in [0, 0.05) is 44.6 Å². The van der Waals surface area contributed by atoms with Gasteiger partial charge in [-0.15, -0.1) is 0 Å². The molecule has 0 aromatic heterocycles.